The van der Waals surface area contributed by atoms with Crippen molar-refractivity contribution in [3.8, 4) is 0 Å². The van der Waals surface area contributed by atoms with E-state index in [-0.39, 0.29) is 28.7 Å². The Morgan fingerprint density at radius 1 is 1.07 bits per heavy atom. The zero-order chi connectivity index (χ0) is 29.5. The van der Waals surface area contributed by atoms with Crippen molar-refractivity contribution in [3.05, 3.63) is 59.2 Å². The Morgan fingerprint density at radius 2 is 1.80 bits per heavy atom. The van der Waals surface area contributed by atoms with E-state index in [2.05, 4.69) is 74.5 Å². The molecule has 8 heteroatoms. The molecule has 0 saturated carbocycles. The van der Waals surface area contributed by atoms with Gasteiger partial charge in [0.2, 0.25) is 5.91 Å². The minimum absolute atomic E-state index is 0.0767. The first-order valence-corrected chi connectivity index (χ1v) is 15.3. The van der Waals surface area contributed by atoms with E-state index in [9.17, 15) is 9.18 Å². The van der Waals surface area contributed by atoms with Crippen molar-refractivity contribution in [1.82, 2.24) is 25.0 Å². The zero-order valence-corrected chi connectivity index (χ0v) is 26.1. The lowest BCUT2D eigenvalue weighted by Gasteiger charge is -2.52. The molecule has 5 rings (SSSR count). The second kappa shape index (κ2) is 11.7. The van der Waals surface area contributed by atoms with E-state index < -0.39 is 0 Å². The maximum Gasteiger partial charge on any atom is 0.241 e. The van der Waals surface area contributed by atoms with Crippen molar-refractivity contribution in [2.45, 2.75) is 84.0 Å². The largest absolute Gasteiger partial charge is 0.314 e. The molecule has 41 heavy (non-hydrogen) atoms. The average Bonchev–Trinajstić information content (AvgIpc) is 3.17. The molecule has 2 fully saturated rings. The van der Waals surface area contributed by atoms with Crippen molar-refractivity contribution in [2.24, 2.45) is 0 Å². The minimum Gasteiger partial charge on any atom is -0.314 e. The number of halogens is 1. The van der Waals surface area contributed by atoms with Crippen LogP contribution >= 0.6 is 0 Å². The van der Waals surface area contributed by atoms with E-state index in [4.69, 9.17) is 4.98 Å². The number of aromatic nitrogens is 1. The molecule has 3 atom stereocenters. The number of benzene rings is 1. The molecule has 0 aliphatic carbocycles. The zero-order valence-electron chi connectivity index (χ0n) is 26.1. The van der Waals surface area contributed by atoms with Gasteiger partial charge in [-0.15, -0.1) is 0 Å². The number of pyridine rings is 1. The van der Waals surface area contributed by atoms with Crippen LogP contribution in [0.3, 0.4) is 0 Å². The van der Waals surface area contributed by atoms with Gasteiger partial charge in [-0.3, -0.25) is 24.5 Å². The van der Waals surface area contributed by atoms with Crippen molar-refractivity contribution < 1.29 is 9.18 Å². The summed E-state index contributed by atoms with van der Waals surface area (Å²) in [5.74, 6) is -0.0889. The lowest BCUT2D eigenvalue weighted by atomic mass is 9.91. The SMILES string of the molecule is C[C@@H]1CNCCN1C[C@H]1CN(C(C)(C)C)[C@H](C)CN1CC(=O)N1CC(C)(C)c2ncc(Cc3ccc(F)cc3)cc21. The first-order chi connectivity index (χ1) is 19.3. The quantitative estimate of drug-likeness (QED) is 0.575. The standard InChI is InChI=1S/C33H49FN6O/c1-23-16-35-12-13-37(23)19-28-20-40(32(3,4)5)24(2)18-38(28)21-30(41)39-22-33(6,7)31-29(39)15-26(17-36-31)14-25-8-10-27(34)11-9-25/h8-11,15,17,23-24,28,35H,12-14,16,18-22H2,1-7H3/t23-,24-,28+/m1/s1. The van der Waals surface area contributed by atoms with Gasteiger partial charge in [-0.05, 0) is 70.4 Å². The topological polar surface area (TPSA) is 55.0 Å². The van der Waals surface area contributed by atoms with Gasteiger partial charge < -0.3 is 10.2 Å². The third-order valence-electron chi connectivity index (χ3n) is 9.27. The number of nitrogens with one attached hydrogen (secondary N) is 1. The lowest BCUT2D eigenvalue weighted by Crippen LogP contribution is -2.66. The molecule has 224 valence electrons. The fourth-order valence-corrected chi connectivity index (χ4v) is 7.03. The number of hydrogen-bond donors (Lipinski definition) is 1. The van der Waals surface area contributed by atoms with Gasteiger partial charge in [0.15, 0.2) is 0 Å². The second-order valence-electron chi connectivity index (χ2n) is 14.2. The predicted molar refractivity (Wildman–Crippen MR) is 164 cm³/mol. The Morgan fingerprint density at radius 3 is 2.49 bits per heavy atom. The number of anilines is 1. The van der Waals surface area contributed by atoms with E-state index in [1.807, 2.05) is 23.2 Å². The summed E-state index contributed by atoms with van der Waals surface area (Å²) in [4.78, 5) is 28.6. The number of piperazine rings is 2. The van der Waals surface area contributed by atoms with Gasteiger partial charge in [-0.1, -0.05) is 26.0 Å². The Balaban J connectivity index is 1.36. The summed E-state index contributed by atoms with van der Waals surface area (Å²) >= 11 is 0. The van der Waals surface area contributed by atoms with Gasteiger partial charge in [-0.25, -0.2) is 4.39 Å². The molecule has 1 N–H and O–H groups in total. The number of carbonyl (C=O) groups is 1. The van der Waals surface area contributed by atoms with Crippen LogP contribution < -0.4 is 10.2 Å². The van der Waals surface area contributed by atoms with E-state index in [0.717, 1.165) is 61.8 Å². The minimum atomic E-state index is -0.235. The molecule has 3 aliphatic heterocycles. The van der Waals surface area contributed by atoms with E-state index >= 15 is 0 Å². The first-order valence-electron chi connectivity index (χ1n) is 15.3. The third-order valence-corrected chi connectivity index (χ3v) is 9.27. The number of nitrogens with zero attached hydrogens (tertiary/aromatic N) is 5. The summed E-state index contributed by atoms with van der Waals surface area (Å²) in [6.45, 7) is 22.8. The van der Waals surface area contributed by atoms with E-state index in [0.29, 0.717) is 31.6 Å². The molecule has 1 amide bonds. The number of hydrogen-bond acceptors (Lipinski definition) is 6. The van der Waals surface area contributed by atoms with Gasteiger partial charge in [0.25, 0.3) is 0 Å². The number of rotatable bonds is 6. The molecule has 3 aliphatic rings. The Hall–Kier alpha value is -2.39. The smallest absolute Gasteiger partial charge is 0.241 e. The fourth-order valence-electron chi connectivity index (χ4n) is 7.03. The Bertz CT molecular complexity index is 1230. The molecule has 2 aromatic rings. The third kappa shape index (κ3) is 6.66. The fraction of sp³-hybridized carbons (Fsp3) is 0.636. The Kier molecular flexibility index (Phi) is 8.59. The summed E-state index contributed by atoms with van der Waals surface area (Å²) in [6, 6.07) is 9.87. The van der Waals surface area contributed by atoms with Crippen LogP contribution in [0.15, 0.2) is 36.5 Å². The van der Waals surface area contributed by atoms with Gasteiger partial charge in [0, 0.05) is 81.1 Å². The molecule has 0 spiro atoms. The maximum absolute atomic E-state index is 14.1. The summed E-state index contributed by atoms with van der Waals surface area (Å²) < 4.78 is 13.4. The van der Waals surface area contributed by atoms with Gasteiger partial charge in [0.1, 0.15) is 5.82 Å². The molecular weight excluding hydrogens is 515 g/mol. The monoisotopic (exact) mass is 564 g/mol. The normalized spacial score (nSPS) is 25.9. The van der Waals surface area contributed by atoms with Crippen molar-refractivity contribution >= 4 is 11.6 Å². The maximum atomic E-state index is 14.1. The van der Waals surface area contributed by atoms with E-state index in [1.54, 1.807) is 0 Å². The molecule has 0 radical (unpaired) electrons. The van der Waals surface area contributed by atoms with Crippen molar-refractivity contribution in [3.63, 3.8) is 0 Å². The van der Waals surface area contributed by atoms with Crippen LogP contribution in [0, 0.1) is 5.82 Å². The molecule has 2 saturated heterocycles. The highest BCUT2D eigenvalue weighted by molar-refractivity contribution is 5.97. The number of carbonyl (C=O) groups excluding carboxylic acids is 1. The van der Waals surface area contributed by atoms with Crippen LogP contribution in [0.4, 0.5) is 10.1 Å². The molecule has 1 aromatic heterocycles. The van der Waals surface area contributed by atoms with Crippen LogP contribution in [0.2, 0.25) is 0 Å². The average molecular weight is 565 g/mol. The highest BCUT2D eigenvalue weighted by Gasteiger charge is 2.43. The van der Waals surface area contributed by atoms with Gasteiger partial charge in [-0.2, -0.15) is 0 Å². The van der Waals surface area contributed by atoms with Crippen LogP contribution in [0.5, 0.6) is 0 Å². The lowest BCUT2D eigenvalue weighted by molar-refractivity contribution is -0.122. The molecular formula is C33H49FN6O. The summed E-state index contributed by atoms with van der Waals surface area (Å²) in [6.07, 6.45) is 2.57. The Labute approximate surface area is 246 Å². The highest BCUT2D eigenvalue weighted by Crippen LogP contribution is 2.40. The molecule has 0 bridgehead atoms. The second-order valence-corrected chi connectivity index (χ2v) is 14.2. The van der Waals surface area contributed by atoms with Crippen molar-refractivity contribution in [2.75, 3.05) is 57.3 Å². The van der Waals surface area contributed by atoms with Crippen LogP contribution in [-0.4, -0.2) is 102 Å². The van der Waals surface area contributed by atoms with E-state index in [1.165, 1.54) is 12.1 Å². The highest BCUT2D eigenvalue weighted by atomic mass is 19.1. The van der Waals surface area contributed by atoms with Crippen LogP contribution in [0.1, 0.15) is 65.3 Å². The van der Waals surface area contributed by atoms with Crippen molar-refractivity contribution in [1.29, 1.82) is 0 Å². The molecule has 7 nitrogen and oxygen atoms in total. The van der Waals surface area contributed by atoms with Gasteiger partial charge in [0.05, 0.1) is 17.9 Å². The molecule has 0 unspecified atom stereocenters. The molecule has 1 aromatic carbocycles. The van der Waals surface area contributed by atoms with Crippen LogP contribution in [-0.2, 0) is 16.6 Å². The number of fused-ring (bicyclic) bond motifs is 1. The summed E-state index contributed by atoms with van der Waals surface area (Å²) in [5, 5.41) is 3.51. The summed E-state index contributed by atoms with van der Waals surface area (Å²) in [5.41, 5.74) is 3.82. The number of amides is 1. The first kappa shape index (κ1) is 30.1. The van der Waals surface area contributed by atoms with Gasteiger partial charge >= 0.3 is 0 Å². The van der Waals surface area contributed by atoms with Crippen LogP contribution in [0.25, 0.3) is 0 Å². The summed E-state index contributed by atoms with van der Waals surface area (Å²) in [7, 11) is 0. The predicted octanol–water partition coefficient (Wildman–Crippen LogP) is 3.90. The molecule has 4 heterocycles.